The summed E-state index contributed by atoms with van der Waals surface area (Å²) >= 11 is 0. The summed E-state index contributed by atoms with van der Waals surface area (Å²) in [4.78, 5) is 4.25. The molecule has 8 heteroatoms. The highest BCUT2D eigenvalue weighted by Gasteiger charge is 2.31. The van der Waals surface area contributed by atoms with E-state index in [4.69, 9.17) is 4.74 Å². The molecule has 0 aromatic heterocycles. The maximum atomic E-state index is 11.9. The predicted molar refractivity (Wildman–Crippen MR) is 110 cm³/mol. The topological polar surface area (TPSA) is 83.0 Å². The van der Waals surface area contributed by atoms with Gasteiger partial charge < -0.3 is 15.4 Å². The summed E-state index contributed by atoms with van der Waals surface area (Å²) < 4.78 is 31.1. The fourth-order valence-corrected chi connectivity index (χ4v) is 4.40. The fraction of sp³-hybridized carbons (Fsp3) is 0.632. The summed E-state index contributed by atoms with van der Waals surface area (Å²) in [6, 6.07) is 6.14. The number of ether oxygens (including phenoxy) is 1. The normalized spacial score (nSPS) is 18.5. The van der Waals surface area contributed by atoms with E-state index in [9.17, 15) is 8.42 Å². The highest BCUT2D eigenvalue weighted by molar-refractivity contribution is 7.88. The van der Waals surface area contributed by atoms with Gasteiger partial charge >= 0.3 is 0 Å². The fourth-order valence-electron chi connectivity index (χ4n) is 3.22. The van der Waals surface area contributed by atoms with Gasteiger partial charge in [-0.2, -0.15) is 4.31 Å². The molecule has 1 fully saturated rings. The first-order valence-electron chi connectivity index (χ1n) is 9.48. The van der Waals surface area contributed by atoms with Gasteiger partial charge in [0.15, 0.2) is 5.96 Å². The lowest BCUT2D eigenvalue weighted by Crippen LogP contribution is -2.46. The van der Waals surface area contributed by atoms with Crippen molar-refractivity contribution in [2.24, 2.45) is 4.99 Å². The quantitative estimate of drug-likeness (QED) is 0.518. The van der Waals surface area contributed by atoms with E-state index in [-0.39, 0.29) is 6.04 Å². The maximum Gasteiger partial charge on any atom is 0.211 e. The Morgan fingerprint density at radius 3 is 2.81 bits per heavy atom. The van der Waals surface area contributed by atoms with Crippen LogP contribution < -0.4 is 15.4 Å². The Bertz CT molecular complexity index is 749. The van der Waals surface area contributed by atoms with Crippen LogP contribution in [0, 0.1) is 6.92 Å². The molecular formula is C19H32N4O3S. The van der Waals surface area contributed by atoms with Crippen molar-refractivity contribution in [2.45, 2.75) is 45.7 Å². The Labute approximate surface area is 163 Å². The summed E-state index contributed by atoms with van der Waals surface area (Å²) in [7, 11) is -1.45. The number of hydrogen-bond donors (Lipinski definition) is 2. The van der Waals surface area contributed by atoms with Crippen molar-refractivity contribution in [3.05, 3.63) is 29.3 Å². The second kappa shape index (κ2) is 9.94. The molecular weight excluding hydrogens is 364 g/mol. The average molecular weight is 397 g/mol. The second-order valence-corrected chi connectivity index (χ2v) is 8.87. The standard InChI is InChI=1S/C19H32N4O3S/c1-5-11-26-18-12-15(2)8-9-16(18)13-21-19(20-3)22-14-17-7-6-10-23(17)27(4,24)25/h8-9,12,17H,5-7,10-11,13-14H2,1-4H3,(H2,20,21,22)/t17-/m1/s1. The van der Waals surface area contributed by atoms with Crippen molar-refractivity contribution in [3.63, 3.8) is 0 Å². The summed E-state index contributed by atoms with van der Waals surface area (Å²) in [5.41, 5.74) is 2.23. The van der Waals surface area contributed by atoms with E-state index in [0.29, 0.717) is 32.2 Å². The minimum absolute atomic E-state index is 0.0265. The molecule has 152 valence electrons. The van der Waals surface area contributed by atoms with Gasteiger partial charge in [0.05, 0.1) is 12.9 Å². The minimum Gasteiger partial charge on any atom is -0.493 e. The van der Waals surface area contributed by atoms with E-state index in [1.165, 1.54) is 6.26 Å². The van der Waals surface area contributed by atoms with Crippen molar-refractivity contribution in [2.75, 3.05) is 33.0 Å². The van der Waals surface area contributed by atoms with Crippen molar-refractivity contribution in [1.29, 1.82) is 0 Å². The minimum atomic E-state index is -3.16. The number of aliphatic imine (C=N–C) groups is 1. The first kappa shape index (κ1) is 21.5. The number of guanidine groups is 1. The van der Waals surface area contributed by atoms with Crippen LogP contribution in [0.4, 0.5) is 0 Å². The molecule has 1 aliphatic rings. The molecule has 27 heavy (non-hydrogen) atoms. The van der Waals surface area contributed by atoms with Crippen LogP contribution in [-0.4, -0.2) is 57.7 Å². The molecule has 0 saturated carbocycles. The van der Waals surface area contributed by atoms with Crippen molar-refractivity contribution in [1.82, 2.24) is 14.9 Å². The molecule has 1 saturated heterocycles. The van der Waals surface area contributed by atoms with Crippen LogP contribution in [0.15, 0.2) is 23.2 Å². The predicted octanol–water partition coefficient (Wildman–Crippen LogP) is 1.87. The van der Waals surface area contributed by atoms with E-state index < -0.39 is 10.0 Å². The molecule has 0 aliphatic carbocycles. The Morgan fingerprint density at radius 1 is 1.37 bits per heavy atom. The van der Waals surface area contributed by atoms with Crippen LogP contribution in [-0.2, 0) is 16.6 Å². The molecule has 0 unspecified atom stereocenters. The highest BCUT2D eigenvalue weighted by atomic mass is 32.2. The zero-order valence-electron chi connectivity index (χ0n) is 16.8. The highest BCUT2D eigenvalue weighted by Crippen LogP contribution is 2.21. The zero-order valence-corrected chi connectivity index (χ0v) is 17.6. The van der Waals surface area contributed by atoms with E-state index in [0.717, 1.165) is 36.1 Å². The van der Waals surface area contributed by atoms with Gasteiger partial charge in [0.1, 0.15) is 5.75 Å². The first-order chi connectivity index (χ1) is 12.8. The Hall–Kier alpha value is -1.80. The smallest absolute Gasteiger partial charge is 0.211 e. The molecule has 1 aromatic carbocycles. The zero-order chi connectivity index (χ0) is 19.9. The van der Waals surface area contributed by atoms with Crippen molar-refractivity contribution < 1.29 is 13.2 Å². The molecule has 2 rings (SSSR count). The lowest BCUT2D eigenvalue weighted by atomic mass is 10.1. The van der Waals surface area contributed by atoms with Crippen LogP contribution in [0.25, 0.3) is 0 Å². The van der Waals surface area contributed by atoms with Gasteiger partial charge in [-0.05, 0) is 37.8 Å². The van der Waals surface area contributed by atoms with Crippen molar-refractivity contribution in [3.8, 4) is 5.75 Å². The lowest BCUT2D eigenvalue weighted by Gasteiger charge is -2.23. The Morgan fingerprint density at radius 2 is 2.15 bits per heavy atom. The SMILES string of the molecule is CCCOc1cc(C)ccc1CNC(=NC)NC[C@H]1CCCN1S(C)(=O)=O. The van der Waals surface area contributed by atoms with Gasteiger partial charge in [0.25, 0.3) is 0 Å². The summed E-state index contributed by atoms with van der Waals surface area (Å²) in [5.74, 6) is 1.54. The van der Waals surface area contributed by atoms with E-state index in [1.54, 1.807) is 11.4 Å². The molecule has 0 amide bonds. The monoisotopic (exact) mass is 396 g/mol. The van der Waals surface area contributed by atoms with Crippen LogP contribution in [0.2, 0.25) is 0 Å². The molecule has 2 N–H and O–H groups in total. The van der Waals surface area contributed by atoms with Gasteiger partial charge in [-0.1, -0.05) is 19.1 Å². The largest absolute Gasteiger partial charge is 0.493 e. The number of aryl methyl sites for hydroxylation is 1. The Balaban J connectivity index is 1.93. The van der Waals surface area contributed by atoms with E-state index in [1.807, 2.05) is 13.0 Å². The van der Waals surface area contributed by atoms with Gasteiger partial charge in [-0.3, -0.25) is 4.99 Å². The molecule has 1 aromatic rings. The van der Waals surface area contributed by atoms with E-state index >= 15 is 0 Å². The molecule has 1 heterocycles. The van der Waals surface area contributed by atoms with Gasteiger partial charge in [0.2, 0.25) is 10.0 Å². The number of sulfonamides is 1. The Kier molecular flexibility index (Phi) is 7.91. The molecule has 1 atom stereocenters. The maximum absolute atomic E-state index is 11.9. The number of benzene rings is 1. The lowest BCUT2D eigenvalue weighted by molar-refractivity contribution is 0.313. The molecule has 0 bridgehead atoms. The number of nitrogens with zero attached hydrogens (tertiary/aromatic N) is 2. The number of hydrogen-bond acceptors (Lipinski definition) is 4. The average Bonchev–Trinajstić information content (AvgIpc) is 3.10. The van der Waals surface area contributed by atoms with Crippen LogP contribution in [0.5, 0.6) is 5.75 Å². The van der Waals surface area contributed by atoms with Crippen LogP contribution in [0.3, 0.4) is 0 Å². The molecule has 0 spiro atoms. The third-order valence-electron chi connectivity index (χ3n) is 4.61. The van der Waals surface area contributed by atoms with Gasteiger partial charge in [-0.15, -0.1) is 0 Å². The first-order valence-corrected chi connectivity index (χ1v) is 11.3. The number of nitrogens with one attached hydrogen (secondary N) is 2. The van der Waals surface area contributed by atoms with Crippen LogP contribution >= 0.6 is 0 Å². The molecule has 7 nitrogen and oxygen atoms in total. The summed E-state index contributed by atoms with van der Waals surface area (Å²) in [6.07, 6.45) is 3.99. The third kappa shape index (κ3) is 6.39. The van der Waals surface area contributed by atoms with Gasteiger partial charge in [-0.25, -0.2) is 8.42 Å². The molecule has 1 aliphatic heterocycles. The van der Waals surface area contributed by atoms with Crippen LogP contribution in [0.1, 0.15) is 37.3 Å². The second-order valence-electron chi connectivity index (χ2n) is 6.94. The summed E-state index contributed by atoms with van der Waals surface area (Å²) in [6.45, 7) is 6.54. The van der Waals surface area contributed by atoms with Crippen molar-refractivity contribution >= 4 is 16.0 Å². The van der Waals surface area contributed by atoms with Gasteiger partial charge in [0, 0.05) is 38.3 Å². The summed E-state index contributed by atoms with van der Waals surface area (Å²) in [5, 5.41) is 6.54. The van der Waals surface area contributed by atoms with E-state index in [2.05, 4.69) is 34.7 Å². The third-order valence-corrected chi connectivity index (χ3v) is 5.94. The molecule has 0 radical (unpaired) electrons. The number of rotatable bonds is 8.